The number of carbonyl (C=O) groups excluding carboxylic acids is 1. The van der Waals surface area contributed by atoms with Crippen molar-refractivity contribution in [2.24, 2.45) is 0 Å². The molecule has 6 heteroatoms. The lowest BCUT2D eigenvalue weighted by Crippen LogP contribution is -2.26. The molecule has 0 saturated carbocycles. The first kappa shape index (κ1) is 21.1. The summed E-state index contributed by atoms with van der Waals surface area (Å²) >= 11 is 1.73. The number of carbonyl (C=O) groups is 1. The Hall–Kier alpha value is -3.12. The molecular weight excluding hydrogens is 404 g/mol. The van der Waals surface area contributed by atoms with Gasteiger partial charge in [0.2, 0.25) is 5.91 Å². The molecule has 4 rings (SSSR count). The van der Waals surface area contributed by atoms with E-state index in [1.807, 2.05) is 30.3 Å². The number of nitrogens with zero attached hydrogens (tertiary/aromatic N) is 3. The molecule has 2 heterocycles. The molecule has 2 aromatic heterocycles. The molecule has 0 aliphatic heterocycles. The summed E-state index contributed by atoms with van der Waals surface area (Å²) in [6, 6.07) is 22.6. The van der Waals surface area contributed by atoms with Gasteiger partial charge in [-0.15, -0.1) is 11.8 Å². The Morgan fingerprint density at radius 1 is 0.968 bits per heavy atom. The first-order valence-electron chi connectivity index (χ1n) is 10.5. The molecule has 0 unspecified atom stereocenters. The highest BCUT2D eigenvalue weighted by Gasteiger charge is 2.13. The second kappa shape index (κ2) is 10.3. The van der Waals surface area contributed by atoms with Gasteiger partial charge in [0.25, 0.3) is 0 Å². The molecule has 0 aliphatic rings. The van der Waals surface area contributed by atoms with E-state index in [9.17, 15) is 4.79 Å². The van der Waals surface area contributed by atoms with Crippen LogP contribution in [0.25, 0.3) is 11.2 Å². The molecule has 1 N–H and O–H groups in total. The van der Waals surface area contributed by atoms with E-state index in [2.05, 4.69) is 57.5 Å². The zero-order chi connectivity index (χ0) is 21.5. The number of hydrogen-bond acceptors (Lipinski definition) is 4. The number of pyridine rings is 1. The molecule has 158 valence electrons. The molecule has 0 bridgehead atoms. The number of aryl methyl sites for hydroxylation is 1. The van der Waals surface area contributed by atoms with Crippen LogP contribution in [-0.2, 0) is 24.2 Å². The third-order valence-electron chi connectivity index (χ3n) is 5.24. The van der Waals surface area contributed by atoms with Gasteiger partial charge in [-0.3, -0.25) is 4.79 Å². The monoisotopic (exact) mass is 430 g/mol. The van der Waals surface area contributed by atoms with E-state index in [1.54, 1.807) is 18.0 Å². The number of amides is 1. The van der Waals surface area contributed by atoms with Crippen LogP contribution in [-0.4, -0.2) is 33.2 Å². The van der Waals surface area contributed by atoms with E-state index in [1.165, 1.54) is 16.0 Å². The lowest BCUT2D eigenvalue weighted by Gasteiger charge is -2.09. The zero-order valence-corrected chi connectivity index (χ0v) is 18.4. The first-order chi connectivity index (χ1) is 15.2. The highest BCUT2D eigenvalue weighted by molar-refractivity contribution is 7.98. The van der Waals surface area contributed by atoms with Gasteiger partial charge in [-0.2, -0.15) is 0 Å². The fourth-order valence-electron chi connectivity index (χ4n) is 3.58. The molecular formula is C25H26N4OS. The van der Waals surface area contributed by atoms with Crippen molar-refractivity contribution in [2.75, 3.05) is 12.8 Å². The zero-order valence-electron chi connectivity index (χ0n) is 17.6. The second-order valence-corrected chi connectivity index (χ2v) is 8.27. The molecule has 31 heavy (non-hydrogen) atoms. The Morgan fingerprint density at radius 2 is 1.77 bits per heavy atom. The van der Waals surface area contributed by atoms with Crippen molar-refractivity contribution < 1.29 is 4.79 Å². The summed E-state index contributed by atoms with van der Waals surface area (Å²) < 4.78 is 2.12. The lowest BCUT2D eigenvalue weighted by atomic mass is 10.1. The topological polar surface area (TPSA) is 59.8 Å². The van der Waals surface area contributed by atoms with Crippen LogP contribution in [0.15, 0.2) is 77.8 Å². The Morgan fingerprint density at radius 3 is 2.55 bits per heavy atom. The summed E-state index contributed by atoms with van der Waals surface area (Å²) in [5, 5.41) is 3.04. The minimum Gasteiger partial charge on any atom is -0.356 e. The van der Waals surface area contributed by atoms with Crippen LogP contribution in [0.3, 0.4) is 0 Å². The number of rotatable bonds is 9. The van der Waals surface area contributed by atoms with Gasteiger partial charge in [0.05, 0.1) is 6.54 Å². The predicted octanol–water partition coefficient (Wildman–Crippen LogP) is 4.49. The first-order valence-corrected chi connectivity index (χ1v) is 11.7. The number of fused-ring (bicyclic) bond motifs is 1. The van der Waals surface area contributed by atoms with Crippen molar-refractivity contribution in [2.45, 2.75) is 30.7 Å². The Kier molecular flexibility index (Phi) is 6.99. The van der Waals surface area contributed by atoms with Crippen LogP contribution in [0.4, 0.5) is 0 Å². The van der Waals surface area contributed by atoms with Gasteiger partial charge in [0, 0.05) is 30.5 Å². The molecule has 0 fully saturated rings. The van der Waals surface area contributed by atoms with Crippen molar-refractivity contribution >= 4 is 28.8 Å². The van der Waals surface area contributed by atoms with E-state index in [-0.39, 0.29) is 5.91 Å². The molecule has 0 spiro atoms. The maximum Gasteiger partial charge on any atom is 0.220 e. The maximum atomic E-state index is 12.4. The van der Waals surface area contributed by atoms with Gasteiger partial charge in [0.1, 0.15) is 11.3 Å². The Balaban J connectivity index is 1.36. The quantitative estimate of drug-likeness (QED) is 0.398. The maximum absolute atomic E-state index is 12.4. The number of hydrogen-bond donors (Lipinski definition) is 1. The smallest absolute Gasteiger partial charge is 0.220 e. The number of thioether (sulfide) groups is 1. The molecule has 0 radical (unpaired) electrons. The summed E-state index contributed by atoms with van der Waals surface area (Å²) in [7, 11) is 0. The largest absolute Gasteiger partial charge is 0.356 e. The van der Waals surface area contributed by atoms with Crippen LogP contribution in [0, 0.1) is 0 Å². The molecule has 1 amide bonds. The molecule has 5 nitrogen and oxygen atoms in total. The predicted molar refractivity (Wildman–Crippen MR) is 126 cm³/mol. The molecule has 0 atom stereocenters. The van der Waals surface area contributed by atoms with Gasteiger partial charge in [-0.25, -0.2) is 9.97 Å². The van der Waals surface area contributed by atoms with Crippen molar-refractivity contribution in [3.63, 3.8) is 0 Å². The molecule has 4 aromatic rings. The number of aromatic nitrogens is 3. The van der Waals surface area contributed by atoms with Crippen LogP contribution in [0.1, 0.15) is 23.4 Å². The highest BCUT2D eigenvalue weighted by atomic mass is 32.2. The Bertz CT molecular complexity index is 1140. The number of benzene rings is 2. The molecule has 2 aromatic carbocycles. The van der Waals surface area contributed by atoms with E-state index in [4.69, 9.17) is 4.98 Å². The number of nitrogens with one attached hydrogen (secondary N) is 1. The summed E-state index contributed by atoms with van der Waals surface area (Å²) in [6.45, 7) is 1.33. The van der Waals surface area contributed by atoms with Crippen molar-refractivity contribution in [1.82, 2.24) is 19.9 Å². The fourth-order valence-corrected chi connectivity index (χ4v) is 3.99. The van der Waals surface area contributed by atoms with Crippen molar-refractivity contribution in [1.29, 1.82) is 0 Å². The van der Waals surface area contributed by atoms with Gasteiger partial charge in [-0.1, -0.05) is 42.5 Å². The normalized spacial score (nSPS) is 11.0. The lowest BCUT2D eigenvalue weighted by molar-refractivity contribution is -0.121. The number of imidazole rings is 1. The average Bonchev–Trinajstić information content (AvgIpc) is 3.16. The van der Waals surface area contributed by atoms with Crippen LogP contribution in [0.2, 0.25) is 0 Å². The average molecular weight is 431 g/mol. The van der Waals surface area contributed by atoms with Gasteiger partial charge >= 0.3 is 0 Å². The summed E-state index contributed by atoms with van der Waals surface area (Å²) in [6.07, 6.45) is 5.67. The third kappa shape index (κ3) is 5.52. The third-order valence-corrected chi connectivity index (χ3v) is 5.98. The minimum absolute atomic E-state index is 0.0482. The fraction of sp³-hybridized carbons (Fsp3) is 0.240. The van der Waals surface area contributed by atoms with Gasteiger partial charge in [0.15, 0.2) is 5.65 Å². The SMILES string of the molecule is CSc1ccc(CCNC(=O)CCc2nc3cccnc3n2Cc2ccccc2)cc1. The van der Waals surface area contributed by atoms with E-state index < -0.39 is 0 Å². The summed E-state index contributed by atoms with van der Waals surface area (Å²) in [4.78, 5) is 22.9. The van der Waals surface area contributed by atoms with Crippen molar-refractivity contribution in [3.8, 4) is 0 Å². The minimum atomic E-state index is 0.0482. The van der Waals surface area contributed by atoms with Crippen LogP contribution in [0.5, 0.6) is 0 Å². The van der Waals surface area contributed by atoms with E-state index in [0.717, 1.165) is 23.4 Å². The Labute approximate surface area is 186 Å². The van der Waals surface area contributed by atoms with Gasteiger partial charge in [-0.05, 0) is 48.1 Å². The van der Waals surface area contributed by atoms with E-state index in [0.29, 0.717) is 25.9 Å². The van der Waals surface area contributed by atoms with Crippen LogP contribution >= 0.6 is 11.8 Å². The second-order valence-electron chi connectivity index (χ2n) is 7.39. The highest BCUT2D eigenvalue weighted by Crippen LogP contribution is 2.17. The van der Waals surface area contributed by atoms with Gasteiger partial charge < -0.3 is 9.88 Å². The summed E-state index contributed by atoms with van der Waals surface area (Å²) in [5.41, 5.74) is 4.14. The van der Waals surface area contributed by atoms with Crippen LogP contribution < -0.4 is 5.32 Å². The summed E-state index contributed by atoms with van der Waals surface area (Å²) in [5.74, 6) is 0.937. The molecule has 0 saturated heterocycles. The van der Waals surface area contributed by atoms with Crippen molar-refractivity contribution in [3.05, 3.63) is 89.9 Å². The van der Waals surface area contributed by atoms with E-state index >= 15 is 0 Å². The standard InChI is InChI=1S/C25H26N4OS/c1-31-21-11-9-19(10-12-21)15-17-26-24(30)14-13-23-28-22-8-5-16-27-25(22)29(23)18-20-6-3-2-4-7-20/h2-12,16H,13-15,17-18H2,1H3,(H,26,30). The molecule has 0 aliphatic carbocycles.